The number of carbonyl (C=O) groups excluding carboxylic acids is 1. The van der Waals surface area contributed by atoms with Gasteiger partial charge in [-0.25, -0.2) is 4.79 Å². The van der Waals surface area contributed by atoms with Gasteiger partial charge in [-0.05, 0) is 37.7 Å². The number of amides is 1. The van der Waals surface area contributed by atoms with Crippen LogP contribution < -0.4 is 10.9 Å². The van der Waals surface area contributed by atoms with Crippen molar-refractivity contribution in [1.29, 1.82) is 0 Å². The van der Waals surface area contributed by atoms with E-state index in [0.717, 1.165) is 12.8 Å². The summed E-state index contributed by atoms with van der Waals surface area (Å²) in [4.78, 5) is 37.2. The molecule has 1 saturated carbocycles. The van der Waals surface area contributed by atoms with Crippen molar-refractivity contribution in [2.24, 2.45) is 5.92 Å². The molecule has 108 valence electrons. The van der Waals surface area contributed by atoms with Gasteiger partial charge in [-0.2, -0.15) is 0 Å². The van der Waals surface area contributed by atoms with Crippen LogP contribution in [-0.4, -0.2) is 27.5 Å². The molecular weight excluding hydrogens is 260 g/mol. The van der Waals surface area contributed by atoms with Crippen molar-refractivity contribution in [3.63, 3.8) is 0 Å². The van der Waals surface area contributed by atoms with Crippen LogP contribution in [0.1, 0.15) is 43.1 Å². The molecule has 0 bridgehead atoms. The van der Waals surface area contributed by atoms with Gasteiger partial charge in [0.25, 0.3) is 5.91 Å². The molecule has 1 fully saturated rings. The highest BCUT2D eigenvalue weighted by Gasteiger charge is 2.42. The number of hydrogen-bond acceptors (Lipinski definition) is 3. The fourth-order valence-electron chi connectivity index (χ4n) is 2.51. The number of H-pyrrole nitrogens is 1. The number of carboxylic acids is 1. The summed E-state index contributed by atoms with van der Waals surface area (Å²) in [6.45, 7) is 2.07. The molecule has 0 atom stereocenters. The molecule has 1 aliphatic carbocycles. The quantitative estimate of drug-likeness (QED) is 0.772. The molecule has 0 unspecified atom stereocenters. The summed E-state index contributed by atoms with van der Waals surface area (Å²) in [6.07, 6.45) is 2.34. The maximum absolute atomic E-state index is 12.1. The molecule has 3 N–H and O–H groups in total. The molecule has 0 aromatic carbocycles. The lowest BCUT2D eigenvalue weighted by molar-refractivity contribution is -0.146. The van der Waals surface area contributed by atoms with Crippen molar-refractivity contribution in [3.05, 3.63) is 34.2 Å². The van der Waals surface area contributed by atoms with E-state index in [1.54, 1.807) is 0 Å². The zero-order valence-electron chi connectivity index (χ0n) is 11.3. The van der Waals surface area contributed by atoms with Crippen LogP contribution in [0.5, 0.6) is 0 Å². The first-order valence-electron chi connectivity index (χ1n) is 6.68. The van der Waals surface area contributed by atoms with Crippen molar-refractivity contribution in [3.8, 4) is 0 Å². The molecule has 0 aliphatic heterocycles. The van der Waals surface area contributed by atoms with Crippen molar-refractivity contribution in [1.82, 2.24) is 10.3 Å². The van der Waals surface area contributed by atoms with E-state index in [2.05, 4.69) is 17.2 Å². The molecule has 0 spiro atoms. The van der Waals surface area contributed by atoms with Gasteiger partial charge in [0.2, 0.25) is 5.56 Å². The highest BCUT2D eigenvalue weighted by molar-refractivity contribution is 5.96. The molecule has 20 heavy (non-hydrogen) atoms. The van der Waals surface area contributed by atoms with Gasteiger partial charge in [0.05, 0.1) is 0 Å². The zero-order valence-corrected chi connectivity index (χ0v) is 11.3. The lowest BCUT2D eigenvalue weighted by Crippen LogP contribution is -2.56. The first-order valence-corrected chi connectivity index (χ1v) is 6.68. The second-order valence-electron chi connectivity index (χ2n) is 5.45. The number of carboxylic acid groups (broad SMARTS) is 1. The molecule has 6 heteroatoms. The maximum atomic E-state index is 12.1. The van der Waals surface area contributed by atoms with Crippen LogP contribution in [0, 0.1) is 5.92 Å². The second-order valence-corrected chi connectivity index (χ2v) is 5.45. The minimum absolute atomic E-state index is 0.0803. The van der Waals surface area contributed by atoms with E-state index >= 15 is 0 Å². The third kappa shape index (κ3) is 2.89. The third-order valence-corrected chi connectivity index (χ3v) is 3.90. The van der Waals surface area contributed by atoms with E-state index in [-0.39, 0.29) is 11.3 Å². The number of pyridine rings is 1. The molecule has 0 radical (unpaired) electrons. The van der Waals surface area contributed by atoms with Gasteiger partial charge < -0.3 is 15.4 Å². The van der Waals surface area contributed by atoms with Crippen LogP contribution in [-0.2, 0) is 4.79 Å². The van der Waals surface area contributed by atoms with E-state index in [4.69, 9.17) is 0 Å². The largest absolute Gasteiger partial charge is 0.480 e. The Morgan fingerprint density at radius 3 is 2.55 bits per heavy atom. The van der Waals surface area contributed by atoms with Crippen LogP contribution in [0.3, 0.4) is 0 Å². The average molecular weight is 278 g/mol. The van der Waals surface area contributed by atoms with Gasteiger partial charge >= 0.3 is 5.97 Å². The van der Waals surface area contributed by atoms with Gasteiger partial charge in [-0.1, -0.05) is 13.0 Å². The van der Waals surface area contributed by atoms with Crippen molar-refractivity contribution in [2.75, 3.05) is 0 Å². The molecular formula is C14H18N2O4. The average Bonchev–Trinajstić information content (AvgIpc) is 2.41. The predicted molar refractivity (Wildman–Crippen MR) is 72.5 cm³/mol. The normalized spacial score (nSPS) is 25.9. The Labute approximate surface area is 116 Å². The van der Waals surface area contributed by atoms with Crippen molar-refractivity contribution in [2.45, 2.75) is 38.1 Å². The number of rotatable bonds is 3. The Kier molecular flexibility index (Phi) is 3.92. The highest BCUT2D eigenvalue weighted by atomic mass is 16.4. The van der Waals surface area contributed by atoms with Crippen LogP contribution in [0.25, 0.3) is 0 Å². The van der Waals surface area contributed by atoms with Crippen molar-refractivity contribution >= 4 is 11.9 Å². The van der Waals surface area contributed by atoms with E-state index in [9.17, 15) is 19.5 Å². The fraction of sp³-hybridized carbons (Fsp3) is 0.500. The van der Waals surface area contributed by atoms with Crippen molar-refractivity contribution < 1.29 is 14.7 Å². The minimum atomic E-state index is -1.23. The number of nitrogens with one attached hydrogen (secondary N) is 2. The van der Waals surface area contributed by atoms with Crippen LogP contribution in [0.4, 0.5) is 0 Å². The third-order valence-electron chi connectivity index (χ3n) is 3.90. The van der Waals surface area contributed by atoms with E-state index < -0.39 is 17.4 Å². The van der Waals surface area contributed by atoms with Crippen LogP contribution in [0.2, 0.25) is 0 Å². The first-order chi connectivity index (χ1) is 9.43. The van der Waals surface area contributed by atoms with Gasteiger partial charge in [0.15, 0.2) is 0 Å². The summed E-state index contributed by atoms with van der Waals surface area (Å²) in [7, 11) is 0. The Balaban J connectivity index is 2.19. The summed E-state index contributed by atoms with van der Waals surface area (Å²) in [5, 5.41) is 12.0. The molecule has 0 saturated heterocycles. The number of hydrogen-bond donors (Lipinski definition) is 3. The summed E-state index contributed by atoms with van der Waals surface area (Å²) >= 11 is 0. The Hall–Kier alpha value is -2.11. The molecule has 1 aliphatic rings. The minimum Gasteiger partial charge on any atom is -0.480 e. The highest BCUT2D eigenvalue weighted by Crippen LogP contribution is 2.32. The van der Waals surface area contributed by atoms with E-state index in [1.165, 1.54) is 18.2 Å². The lowest BCUT2D eigenvalue weighted by Gasteiger charge is -2.36. The molecule has 1 amide bonds. The summed E-state index contributed by atoms with van der Waals surface area (Å²) in [5.74, 6) is -1.11. The maximum Gasteiger partial charge on any atom is 0.329 e. The molecule has 1 aromatic heterocycles. The van der Waals surface area contributed by atoms with E-state index in [1.807, 2.05) is 0 Å². The molecule has 6 nitrogen and oxygen atoms in total. The number of aromatic amines is 1. The smallest absolute Gasteiger partial charge is 0.329 e. The zero-order chi connectivity index (χ0) is 14.8. The van der Waals surface area contributed by atoms with Gasteiger partial charge in [0.1, 0.15) is 11.2 Å². The number of carbonyl (C=O) groups is 2. The van der Waals surface area contributed by atoms with Gasteiger partial charge in [-0.3, -0.25) is 9.59 Å². The SMILES string of the molecule is CC1CCC(NC(=O)c2cccc(=O)[nH]2)(C(=O)O)CC1. The van der Waals surface area contributed by atoms with Gasteiger partial charge in [-0.15, -0.1) is 0 Å². The molecule has 1 heterocycles. The number of aromatic nitrogens is 1. The van der Waals surface area contributed by atoms with E-state index in [0.29, 0.717) is 18.8 Å². The monoisotopic (exact) mass is 278 g/mol. The second kappa shape index (κ2) is 5.48. The fourth-order valence-corrected chi connectivity index (χ4v) is 2.51. The Morgan fingerprint density at radius 1 is 1.35 bits per heavy atom. The van der Waals surface area contributed by atoms with Gasteiger partial charge in [0, 0.05) is 6.07 Å². The summed E-state index contributed by atoms with van der Waals surface area (Å²) in [6, 6.07) is 4.22. The summed E-state index contributed by atoms with van der Waals surface area (Å²) in [5.41, 5.74) is -1.54. The van der Waals surface area contributed by atoms with Crippen LogP contribution >= 0.6 is 0 Å². The van der Waals surface area contributed by atoms with Crippen LogP contribution in [0.15, 0.2) is 23.0 Å². The molecule has 2 rings (SSSR count). The molecule has 1 aromatic rings. The lowest BCUT2D eigenvalue weighted by atomic mass is 9.77. The predicted octanol–water partition coefficient (Wildman–Crippen LogP) is 1.14. The number of aliphatic carboxylic acids is 1. The first kappa shape index (κ1) is 14.3. The Morgan fingerprint density at radius 2 is 2.00 bits per heavy atom. The summed E-state index contributed by atoms with van der Waals surface area (Å²) < 4.78 is 0. The standard InChI is InChI=1S/C14H18N2O4/c1-9-5-7-14(8-6-9,13(19)20)16-12(18)10-3-2-4-11(17)15-10/h2-4,9H,5-8H2,1H3,(H,15,17)(H,16,18)(H,19,20). The Bertz CT molecular complexity index is 571. The topological polar surface area (TPSA) is 99.3 Å².